The molecule has 1 heterocycles. The van der Waals surface area contributed by atoms with Gasteiger partial charge < -0.3 is 0 Å². The number of imide groups is 1. The molecule has 0 radical (unpaired) electrons. The monoisotopic (exact) mass is 305 g/mol. The Bertz CT molecular complexity index is 636. The van der Waals surface area contributed by atoms with Crippen LogP contribution >= 0.6 is 11.3 Å². The summed E-state index contributed by atoms with van der Waals surface area (Å²) in [5.74, 6) is -0.965. The quantitative estimate of drug-likeness (QED) is 0.847. The molecule has 0 atom stereocenters. The molecule has 0 bridgehead atoms. The van der Waals surface area contributed by atoms with Crippen molar-refractivity contribution in [3.05, 3.63) is 41.5 Å². The first kappa shape index (κ1) is 15.4. The normalized spacial score (nSPS) is 10.4. The van der Waals surface area contributed by atoms with E-state index in [1.54, 1.807) is 13.8 Å². The van der Waals surface area contributed by atoms with Crippen LogP contribution in [0.25, 0.3) is 10.4 Å². The third kappa shape index (κ3) is 3.19. The first-order chi connectivity index (χ1) is 10.1. The number of thiophene rings is 1. The predicted molar refractivity (Wildman–Crippen MR) is 82.8 cm³/mol. The molecule has 0 N–H and O–H groups in total. The summed E-state index contributed by atoms with van der Waals surface area (Å²) in [6, 6.07) is 7.81. The van der Waals surface area contributed by atoms with Crippen LogP contribution in [0.15, 0.2) is 35.7 Å². The summed E-state index contributed by atoms with van der Waals surface area (Å²) in [7, 11) is 0. The van der Waals surface area contributed by atoms with E-state index in [1.165, 1.54) is 29.5 Å². The fraction of sp³-hybridized carbons (Fsp3) is 0.250. The van der Waals surface area contributed by atoms with E-state index < -0.39 is 5.82 Å². The number of rotatable bonds is 4. The molecule has 2 aromatic rings. The maximum absolute atomic E-state index is 13.6. The highest BCUT2D eigenvalue weighted by atomic mass is 32.1. The third-order valence-corrected chi connectivity index (χ3v) is 3.99. The van der Waals surface area contributed by atoms with Gasteiger partial charge in [0.25, 0.3) is 0 Å². The fourth-order valence-corrected chi connectivity index (χ4v) is 2.81. The maximum atomic E-state index is 13.6. The van der Waals surface area contributed by atoms with Crippen LogP contribution in [0.5, 0.6) is 0 Å². The number of carbonyl (C=O) groups excluding carboxylic acids is 2. The first-order valence-corrected chi connectivity index (χ1v) is 7.65. The van der Waals surface area contributed by atoms with E-state index in [2.05, 4.69) is 0 Å². The molecule has 1 aromatic carbocycles. The Hall–Kier alpha value is -2.01. The van der Waals surface area contributed by atoms with Crippen molar-refractivity contribution in [1.29, 1.82) is 0 Å². The Labute approximate surface area is 127 Å². The average molecular weight is 305 g/mol. The summed E-state index contributed by atoms with van der Waals surface area (Å²) in [5, 5.41) is 1.87. The van der Waals surface area contributed by atoms with Crippen LogP contribution in [0.3, 0.4) is 0 Å². The molecule has 0 aliphatic carbocycles. The van der Waals surface area contributed by atoms with Crippen LogP contribution in [0.1, 0.15) is 26.7 Å². The van der Waals surface area contributed by atoms with Crippen molar-refractivity contribution >= 4 is 28.8 Å². The van der Waals surface area contributed by atoms with Gasteiger partial charge in [-0.1, -0.05) is 19.9 Å². The Morgan fingerprint density at radius 2 is 1.81 bits per heavy atom. The molecule has 1 aromatic heterocycles. The van der Waals surface area contributed by atoms with Gasteiger partial charge in [0.2, 0.25) is 11.8 Å². The van der Waals surface area contributed by atoms with Gasteiger partial charge in [-0.2, -0.15) is 0 Å². The molecular formula is C16H16FNO2S. The summed E-state index contributed by atoms with van der Waals surface area (Å²) in [6.07, 6.45) is 0.431. The van der Waals surface area contributed by atoms with Gasteiger partial charge in [-0.3, -0.25) is 9.59 Å². The van der Waals surface area contributed by atoms with Crippen molar-refractivity contribution in [2.45, 2.75) is 26.7 Å². The number of anilines is 1. The standard InChI is InChI=1S/C16H16FNO2S/c1-3-15(19)18(16(20)4-2)13-8-7-11(17)10-12(13)14-6-5-9-21-14/h5-10H,3-4H2,1-2H3. The van der Waals surface area contributed by atoms with Crippen molar-refractivity contribution in [3.8, 4) is 10.4 Å². The predicted octanol–water partition coefficient (Wildman–Crippen LogP) is 4.23. The average Bonchev–Trinajstić information content (AvgIpc) is 3.02. The fourth-order valence-electron chi connectivity index (χ4n) is 2.06. The zero-order valence-electron chi connectivity index (χ0n) is 11.9. The van der Waals surface area contributed by atoms with Crippen LogP contribution in [0.4, 0.5) is 10.1 Å². The van der Waals surface area contributed by atoms with Crippen LogP contribution in [0.2, 0.25) is 0 Å². The Morgan fingerprint density at radius 3 is 2.33 bits per heavy atom. The van der Waals surface area contributed by atoms with Crippen LogP contribution in [-0.2, 0) is 9.59 Å². The van der Waals surface area contributed by atoms with Crippen molar-refractivity contribution < 1.29 is 14.0 Å². The molecule has 5 heteroatoms. The summed E-state index contributed by atoms with van der Waals surface area (Å²) in [6.45, 7) is 3.40. The molecule has 0 unspecified atom stereocenters. The molecule has 110 valence electrons. The number of amides is 2. The van der Waals surface area contributed by atoms with E-state index >= 15 is 0 Å². The number of hydrogen-bond acceptors (Lipinski definition) is 3. The van der Waals surface area contributed by atoms with E-state index in [-0.39, 0.29) is 24.7 Å². The van der Waals surface area contributed by atoms with Gasteiger partial charge in [0, 0.05) is 23.3 Å². The Kier molecular flexibility index (Phi) is 4.85. The highest BCUT2D eigenvalue weighted by Gasteiger charge is 2.24. The molecule has 0 aliphatic rings. The van der Waals surface area contributed by atoms with Gasteiger partial charge in [-0.15, -0.1) is 11.3 Å². The van der Waals surface area contributed by atoms with Crippen LogP contribution in [-0.4, -0.2) is 11.8 Å². The lowest BCUT2D eigenvalue weighted by Crippen LogP contribution is -2.36. The minimum atomic E-state index is -0.394. The van der Waals surface area contributed by atoms with Gasteiger partial charge in [0.1, 0.15) is 5.82 Å². The highest BCUT2D eigenvalue weighted by molar-refractivity contribution is 7.13. The van der Waals surface area contributed by atoms with Gasteiger partial charge >= 0.3 is 0 Å². The number of nitrogens with zero attached hydrogens (tertiary/aromatic N) is 1. The second kappa shape index (κ2) is 6.63. The van der Waals surface area contributed by atoms with E-state index in [9.17, 15) is 14.0 Å². The molecule has 21 heavy (non-hydrogen) atoms. The molecule has 3 nitrogen and oxygen atoms in total. The van der Waals surface area contributed by atoms with E-state index in [0.29, 0.717) is 11.3 Å². The summed E-state index contributed by atoms with van der Waals surface area (Å²) in [5.41, 5.74) is 1.01. The molecule has 0 aliphatic heterocycles. The molecule has 0 saturated heterocycles. The second-order valence-electron chi connectivity index (χ2n) is 4.47. The lowest BCUT2D eigenvalue weighted by atomic mass is 10.1. The highest BCUT2D eigenvalue weighted by Crippen LogP contribution is 2.35. The smallest absolute Gasteiger partial charge is 0.233 e. The van der Waals surface area contributed by atoms with E-state index in [1.807, 2.05) is 17.5 Å². The third-order valence-electron chi connectivity index (χ3n) is 3.09. The van der Waals surface area contributed by atoms with E-state index in [4.69, 9.17) is 0 Å². The Balaban J connectivity index is 2.60. The SMILES string of the molecule is CCC(=O)N(C(=O)CC)c1ccc(F)cc1-c1cccs1. The number of halogens is 1. The zero-order valence-corrected chi connectivity index (χ0v) is 12.7. The van der Waals surface area contributed by atoms with Gasteiger partial charge in [0.05, 0.1) is 5.69 Å². The van der Waals surface area contributed by atoms with Gasteiger partial charge in [-0.05, 0) is 29.6 Å². The van der Waals surface area contributed by atoms with Crippen molar-refractivity contribution in [2.75, 3.05) is 4.90 Å². The zero-order chi connectivity index (χ0) is 15.4. The topological polar surface area (TPSA) is 37.4 Å². The lowest BCUT2D eigenvalue weighted by Gasteiger charge is -2.22. The van der Waals surface area contributed by atoms with Crippen LogP contribution in [0, 0.1) is 5.82 Å². The van der Waals surface area contributed by atoms with Gasteiger partial charge in [0.15, 0.2) is 0 Å². The molecule has 2 rings (SSSR count). The largest absolute Gasteiger partial charge is 0.274 e. The number of benzene rings is 1. The summed E-state index contributed by atoms with van der Waals surface area (Å²) < 4.78 is 13.6. The molecule has 0 saturated carbocycles. The second-order valence-corrected chi connectivity index (χ2v) is 5.42. The lowest BCUT2D eigenvalue weighted by molar-refractivity contribution is -0.126. The molecule has 2 amide bonds. The van der Waals surface area contributed by atoms with E-state index in [0.717, 1.165) is 9.78 Å². The van der Waals surface area contributed by atoms with Crippen molar-refractivity contribution in [3.63, 3.8) is 0 Å². The van der Waals surface area contributed by atoms with Gasteiger partial charge in [-0.25, -0.2) is 9.29 Å². The van der Waals surface area contributed by atoms with Crippen LogP contribution < -0.4 is 4.90 Å². The molecule has 0 fully saturated rings. The minimum Gasteiger partial charge on any atom is -0.274 e. The van der Waals surface area contributed by atoms with Crippen molar-refractivity contribution in [2.24, 2.45) is 0 Å². The van der Waals surface area contributed by atoms with Crippen molar-refractivity contribution in [1.82, 2.24) is 0 Å². The summed E-state index contributed by atoms with van der Waals surface area (Å²) >= 11 is 1.44. The molecule has 0 spiro atoms. The molecular weight excluding hydrogens is 289 g/mol. The number of carbonyl (C=O) groups is 2. The number of hydrogen-bond donors (Lipinski definition) is 0. The first-order valence-electron chi connectivity index (χ1n) is 6.77. The Morgan fingerprint density at radius 1 is 1.14 bits per heavy atom. The maximum Gasteiger partial charge on any atom is 0.233 e. The summed E-state index contributed by atoms with van der Waals surface area (Å²) in [4.78, 5) is 26.3. The minimum absolute atomic E-state index is 0.215.